The first-order chi connectivity index (χ1) is 22.3. The molecule has 0 radical (unpaired) electrons. The normalized spacial score (nSPS) is 10.9. The second-order valence-electron chi connectivity index (χ2n) is 8.80. The minimum Gasteiger partial charge on any atom is -0.272 e. The van der Waals surface area contributed by atoms with Crippen molar-refractivity contribution in [2.45, 2.75) is 0 Å². The molecule has 9 nitrogen and oxygen atoms in total. The molecule has 18 heteroatoms. The Bertz CT molecular complexity index is 1880. The van der Waals surface area contributed by atoms with E-state index in [0.29, 0.717) is 68.5 Å². The molecule has 5 rings (SSSR count). The lowest BCUT2D eigenvalue weighted by atomic mass is 10.2. The Balaban J connectivity index is 0.000000236. The van der Waals surface area contributed by atoms with Gasteiger partial charge in [-0.15, -0.1) is 11.8 Å². The number of hydrogen-bond acceptors (Lipinski definition) is 8. The van der Waals surface area contributed by atoms with Gasteiger partial charge in [0.05, 0.1) is 41.3 Å². The Hall–Kier alpha value is -2.19. The fourth-order valence-corrected chi connectivity index (χ4v) is 6.43. The molecule has 2 aromatic carbocycles. The number of hydrogen-bond donors (Lipinski definition) is 2. The largest absolute Gasteiger partial charge is 0.279 e. The molecule has 0 fully saturated rings. The van der Waals surface area contributed by atoms with Crippen molar-refractivity contribution < 1.29 is 4.79 Å². The number of amides is 1. The van der Waals surface area contributed by atoms with E-state index in [-0.39, 0.29) is 10.6 Å². The van der Waals surface area contributed by atoms with E-state index < -0.39 is 5.91 Å². The number of halogens is 8. The number of benzene rings is 2. The number of carbonyl (C=O) groups is 1. The number of nitrogens with zero attached hydrogens (tertiary/aromatic N) is 6. The summed E-state index contributed by atoms with van der Waals surface area (Å²) in [6.07, 6.45) is 7.63. The maximum absolute atomic E-state index is 12.3. The number of pyridine rings is 2. The van der Waals surface area contributed by atoms with Gasteiger partial charge in [0.2, 0.25) is 0 Å². The lowest BCUT2D eigenvalue weighted by molar-refractivity contribution is 0.100. The summed E-state index contributed by atoms with van der Waals surface area (Å²) >= 11 is 49.7. The molecular weight excluding hydrogens is 792 g/mol. The molecule has 5 aromatic rings. The quantitative estimate of drug-likeness (QED) is 0.0796. The molecule has 1 amide bonds. The Morgan fingerprint density at radius 1 is 0.809 bits per heavy atom. The second-order valence-corrected chi connectivity index (χ2v) is 12.9. The number of nitrogens with two attached hydrogens (primary N) is 1. The van der Waals surface area contributed by atoms with Crippen molar-refractivity contribution in [2.75, 3.05) is 13.3 Å². The van der Waals surface area contributed by atoms with Crippen molar-refractivity contribution >= 4 is 116 Å². The van der Waals surface area contributed by atoms with E-state index in [1.165, 1.54) is 48.7 Å². The van der Waals surface area contributed by atoms with Crippen molar-refractivity contribution in [2.24, 2.45) is 17.9 Å². The molecule has 246 valence electrons. The van der Waals surface area contributed by atoms with Gasteiger partial charge < -0.3 is 0 Å². The molecule has 0 atom stereocenters. The van der Waals surface area contributed by atoms with Gasteiger partial charge in [-0.3, -0.25) is 26.0 Å². The first-order valence-corrected chi connectivity index (χ1v) is 17.0. The van der Waals surface area contributed by atoms with Crippen molar-refractivity contribution in [3.63, 3.8) is 0 Å². The van der Waals surface area contributed by atoms with E-state index in [9.17, 15) is 4.79 Å². The van der Waals surface area contributed by atoms with Crippen LogP contribution in [0.25, 0.3) is 22.8 Å². The Morgan fingerprint density at radius 3 is 1.83 bits per heavy atom. The van der Waals surface area contributed by atoms with Gasteiger partial charge in [-0.05, 0) is 49.7 Å². The molecule has 0 spiro atoms. The van der Waals surface area contributed by atoms with Crippen LogP contribution < -0.4 is 11.3 Å². The van der Waals surface area contributed by atoms with Crippen LogP contribution in [0.1, 0.15) is 15.9 Å². The maximum atomic E-state index is 12.3. The minimum absolute atomic E-state index is 0.230. The third-order valence-corrected chi connectivity index (χ3v) is 8.56. The molecule has 0 aliphatic heterocycles. The summed E-state index contributed by atoms with van der Waals surface area (Å²) in [5.74, 6) is 5.08. The van der Waals surface area contributed by atoms with Crippen LogP contribution in [0.4, 0.5) is 0 Å². The predicted molar refractivity (Wildman–Crippen MR) is 198 cm³/mol. The molecule has 3 heterocycles. The maximum Gasteiger partial charge on any atom is 0.279 e. The Kier molecular flexibility index (Phi) is 15.5. The lowest BCUT2D eigenvalue weighted by Crippen LogP contribution is -2.13. The van der Waals surface area contributed by atoms with E-state index in [0.717, 1.165) is 0 Å². The van der Waals surface area contributed by atoms with Crippen LogP contribution in [0.3, 0.4) is 0 Å². The average Bonchev–Trinajstić information content (AvgIpc) is 3.37. The van der Waals surface area contributed by atoms with E-state index in [1.54, 1.807) is 49.3 Å². The van der Waals surface area contributed by atoms with Crippen LogP contribution in [-0.4, -0.2) is 49.0 Å². The van der Waals surface area contributed by atoms with Gasteiger partial charge in [0.15, 0.2) is 11.6 Å². The summed E-state index contributed by atoms with van der Waals surface area (Å²) in [5, 5.41) is 7.85. The number of nitrogens with one attached hydrogen (secondary N) is 1. The molecule has 0 saturated heterocycles. The number of thioether (sulfide) groups is 1. The molecule has 0 bridgehead atoms. The summed E-state index contributed by atoms with van der Waals surface area (Å²) in [6, 6.07) is 9.75. The first-order valence-electron chi connectivity index (χ1n) is 12.8. The van der Waals surface area contributed by atoms with Crippen LogP contribution in [0.2, 0.25) is 40.2 Å². The SMILES string of the molecule is CNN.CSC(=NC(=O)c1ccc(Cl)cc1Cl)c1c(Cl)cncc1Cl.Cn1nc(-c2c(Cl)cncc2Cl)nc1-c1ccc(Cl)cc1Cl. The van der Waals surface area contributed by atoms with Crippen molar-refractivity contribution in [1.29, 1.82) is 0 Å². The highest BCUT2D eigenvalue weighted by molar-refractivity contribution is 8.13. The number of hydrazine groups is 1. The van der Waals surface area contributed by atoms with Crippen molar-refractivity contribution in [1.82, 2.24) is 30.2 Å². The first kappa shape index (κ1) is 39.3. The Labute approximate surface area is 314 Å². The fraction of sp³-hybridized carbons (Fsp3) is 0.103. The molecule has 47 heavy (non-hydrogen) atoms. The second kappa shape index (κ2) is 18.5. The van der Waals surface area contributed by atoms with Crippen LogP contribution in [0.5, 0.6) is 0 Å². The van der Waals surface area contributed by atoms with Gasteiger partial charge in [0.25, 0.3) is 5.91 Å². The van der Waals surface area contributed by atoms with E-state index in [1.807, 2.05) is 0 Å². The monoisotopic (exact) mass is 810 g/mol. The van der Waals surface area contributed by atoms with Gasteiger partial charge >= 0.3 is 0 Å². The molecular formula is C29H22Cl8N8OS. The van der Waals surface area contributed by atoms with Crippen LogP contribution in [0.15, 0.2) is 66.2 Å². The molecule has 3 N–H and O–H groups in total. The van der Waals surface area contributed by atoms with E-state index in [2.05, 4.69) is 36.3 Å². The number of aryl methyl sites for hydroxylation is 1. The summed E-state index contributed by atoms with van der Waals surface area (Å²) in [4.78, 5) is 28.7. The topological polar surface area (TPSA) is 124 Å². The zero-order valence-electron chi connectivity index (χ0n) is 24.4. The summed E-state index contributed by atoms with van der Waals surface area (Å²) in [7, 11) is 3.42. The van der Waals surface area contributed by atoms with E-state index >= 15 is 0 Å². The van der Waals surface area contributed by atoms with Gasteiger partial charge in [0.1, 0.15) is 5.04 Å². The third-order valence-electron chi connectivity index (χ3n) is 5.64. The highest BCUT2D eigenvalue weighted by atomic mass is 35.5. The fourth-order valence-electron chi connectivity index (χ4n) is 3.66. The number of aromatic nitrogens is 5. The van der Waals surface area contributed by atoms with Gasteiger partial charge in [-0.1, -0.05) is 92.8 Å². The van der Waals surface area contributed by atoms with Crippen LogP contribution in [0, 0.1) is 0 Å². The molecule has 0 aliphatic rings. The summed E-state index contributed by atoms with van der Waals surface area (Å²) in [6.45, 7) is 0. The minimum atomic E-state index is -0.505. The number of carbonyl (C=O) groups excluding carboxylic acids is 1. The molecule has 3 aromatic heterocycles. The molecule has 0 aliphatic carbocycles. The summed E-state index contributed by atoms with van der Waals surface area (Å²) in [5.41, 5.74) is 4.21. The standard InChI is InChI=1S/C14H8Cl4N4.C14H8Cl4N2OS.CH6N2/c1-22-14(8-3-2-7(15)4-9(8)16)20-13(21-22)12-10(17)5-19-6-11(12)18;1-22-14(12-10(17)5-19-6-11(12)18)20-13(21)8-3-2-7(15)4-9(8)16;1-3-2/h2*2-6H,1H3;3H,2H2,1H3. The van der Waals surface area contributed by atoms with Gasteiger partial charge in [-0.2, -0.15) is 5.10 Å². The highest BCUT2D eigenvalue weighted by Crippen LogP contribution is 2.35. The zero-order valence-corrected chi connectivity index (χ0v) is 31.2. The smallest absolute Gasteiger partial charge is 0.272 e. The third kappa shape index (κ3) is 10.4. The lowest BCUT2D eigenvalue weighted by Gasteiger charge is -2.08. The number of rotatable bonds is 4. The Morgan fingerprint density at radius 2 is 1.32 bits per heavy atom. The molecule has 0 saturated carbocycles. The predicted octanol–water partition coefficient (Wildman–Crippen LogP) is 9.88. The van der Waals surface area contributed by atoms with Crippen LogP contribution >= 0.6 is 105 Å². The van der Waals surface area contributed by atoms with E-state index in [4.69, 9.17) is 92.8 Å². The van der Waals surface area contributed by atoms with Crippen LogP contribution in [-0.2, 0) is 7.05 Å². The van der Waals surface area contributed by atoms with Gasteiger partial charge in [0, 0.05) is 53.0 Å². The molecule has 0 unspecified atom stereocenters. The zero-order chi connectivity index (χ0) is 34.8. The number of aliphatic imine (C=N–C) groups is 1. The summed E-state index contributed by atoms with van der Waals surface area (Å²) < 4.78 is 1.61. The van der Waals surface area contributed by atoms with Crippen molar-refractivity contribution in [3.8, 4) is 22.8 Å². The highest BCUT2D eigenvalue weighted by Gasteiger charge is 2.19. The van der Waals surface area contributed by atoms with Crippen molar-refractivity contribution in [3.05, 3.63) is 112 Å². The average molecular weight is 814 g/mol. The van der Waals surface area contributed by atoms with Gasteiger partial charge in [-0.25, -0.2) is 14.7 Å².